The predicted molar refractivity (Wildman–Crippen MR) is 62.1 cm³/mol. The van der Waals surface area contributed by atoms with Gasteiger partial charge in [-0.05, 0) is 12.1 Å². The Labute approximate surface area is 93.7 Å². The number of rotatable bonds is 3. The van der Waals surface area contributed by atoms with Gasteiger partial charge in [-0.15, -0.1) is 0 Å². The second-order valence-corrected chi connectivity index (χ2v) is 3.79. The molecule has 2 rings (SSSR count). The lowest BCUT2D eigenvalue weighted by Gasteiger charge is -2.19. The number of hydrogen-bond donors (Lipinski definition) is 1. The average Bonchev–Trinajstić information content (AvgIpc) is 2.71. The Morgan fingerprint density at radius 1 is 1.40 bits per heavy atom. The van der Waals surface area contributed by atoms with Gasteiger partial charge in [-0.3, -0.25) is 0 Å². The van der Waals surface area contributed by atoms with Crippen LogP contribution in [0.1, 0.15) is 5.69 Å². The summed E-state index contributed by atoms with van der Waals surface area (Å²) in [7, 11) is 2.00. The average molecular weight is 222 g/mol. The number of imidazole rings is 1. The van der Waals surface area contributed by atoms with Crippen LogP contribution in [0.4, 0.5) is 5.69 Å². The van der Waals surface area contributed by atoms with Crippen LogP contribution in [-0.4, -0.2) is 17.0 Å². The summed E-state index contributed by atoms with van der Waals surface area (Å²) in [6.07, 6.45) is 3.49. The Balaban J connectivity index is 2.15. The first-order valence-electron chi connectivity index (χ1n) is 4.70. The second-order valence-electron chi connectivity index (χ2n) is 3.38. The maximum absolute atomic E-state index is 6.09. The molecule has 15 heavy (non-hydrogen) atoms. The molecule has 1 N–H and O–H groups in total. The van der Waals surface area contributed by atoms with Crippen molar-refractivity contribution < 1.29 is 0 Å². The zero-order chi connectivity index (χ0) is 10.7. The van der Waals surface area contributed by atoms with Crippen LogP contribution in [0.2, 0.25) is 5.02 Å². The molecule has 0 saturated heterocycles. The van der Waals surface area contributed by atoms with Gasteiger partial charge in [0.15, 0.2) is 0 Å². The van der Waals surface area contributed by atoms with E-state index in [1.807, 2.05) is 37.5 Å². The summed E-state index contributed by atoms with van der Waals surface area (Å²) in [6, 6.07) is 7.79. The molecule has 0 bridgehead atoms. The van der Waals surface area contributed by atoms with Gasteiger partial charge in [0.1, 0.15) is 0 Å². The lowest BCUT2D eigenvalue weighted by Crippen LogP contribution is -2.16. The molecule has 78 valence electrons. The molecule has 0 aliphatic heterocycles. The third kappa shape index (κ3) is 2.30. The van der Waals surface area contributed by atoms with E-state index in [0.717, 1.165) is 22.9 Å². The summed E-state index contributed by atoms with van der Waals surface area (Å²) < 4.78 is 0. The summed E-state index contributed by atoms with van der Waals surface area (Å²) in [5.74, 6) is 0. The van der Waals surface area contributed by atoms with E-state index in [9.17, 15) is 0 Å². The van der Waals surface area contributed by atoms with Gasteiger partial charge in [0.05, 0.1) is 29.3 Å². The first kappa shape index (κ1) is 10.1. The minimum Gasteiger partial charge on any atom is -0.368 e. The zero-order valence-corrected chi connectivity index (χ0v) is 9.20. The molecule has 0 fully saturated rings. The molecular formula is C11H12ClN3. The molecule has 0 spiro atoms. The van der Waals surface area contributed by atoms with Crippen molar-refractivity contribution in [3.8, 4) is 0 Å². The fourth-order valence-electron chi connectivity index (χ4n) is 1.47. The molecule has 3 nitrogen and oxygen atoms in total. The van der Waals surface area contributed by atoms with Crippen LogP contribution >= 0.6 is 11.6 Å². The molecule has 0 saturated carbocycles. The van der Waals surface area contributed by atoms with Crippen LogP contribution in [0.15, 0.2) is 36.8 Å². The van der Waals surface area contributed by atoms with Crippen molar-refractivity contribution >= 4 is 17.3 Å². The van der Waals surface area contributed by atoms with Gasteiger partial charge < -0.3 is 9.88 Å². The highest BCUT2D eigenvalue weighted by molar-refractivity contribution is 6.33. The van der Waals surface area contributed by atoms with Crippen LogP contribution in [-0.2, 0) is 6.54 Å². The van der Waals surface area contributed by atoms with Gasteiger partial charge in [-0.25, -0.2) is 4.98 Å². The number of nitrogens with one attached hydrogen (secondary N) is 1. The van der Waals surface area contributed by atoms with Gasteiger partial charge in [0, 0.05) is 13.2 Å². The monoisotopic (exact) mass is 221 g/mol. The molecule has 0 atom stereocenters. The topological polar surface area (TPSA) is 31.9 Å². The van der Waals surface area contributed by atoms with Gasteiger partial charge in [0.2, 0.25) is 0 Å². The minimum atomic E-state index is 0.763. The third-order valence-electron chi connectivity index (χ3n) is 2.23. The molecular weight excluding hydrogens is 210 g/mol. The number of anilines is 1. The van der Waals surface area contributed by atoms with E-state index in [4.69, 9.17) is 11.6 Å². The second kappa shape index (κ2) is 4.36. The molecule has 4 heteroatoms. The highest BCUT2D eigenvalue weighted by atomic mass is 35.5. The zero-order valence-electron chi connectivity index (χ0n) is 8.44. The maximum Gasteiger partial charge on any atom is 0.0922 e. The number of halogens is 1. The molecule has 0 amide bonds. The van der Waals surface area contributed by atoms with E-state index in [1.165, 1.54) is 0 Å². The number of para-hydroxylation sites is 1. The Morgan fingerprint density at radius 2 is 2.20 bits per heavy atom. The highest BCUT2D eigenvalue weighted by Gasteiger charge is 2.05. The molecule has 1 aromatic heterocycles. The number of nitrogens with zero attached hydrogens (tertiary/aromatic N) is 2. The number of hydrogen-bond acceptors (Lipinski definition) is 2. The van der Waals surface area contributed by atoms with Gasteiger partial charge in [0.25, 0.3) is 0 Å². The Bertz CT molecular complexity index is 425. The van der Waals surface area contributed by atoms with Crippen LogP contribution in [0.3, 0.4) is 0 Å². The predicted octanol–water partition coefficient (Wildman–Crippen LogP) is 2.70. The summed E-state index contributed by atoms with van der Waals surface area (Å²) >= 11 is 6.09. The van der Waals surface area contributed by atoms with Crippen molar-refractivity contribution in [3.05, 3.63) is 47.5 Å². The van der Waals surface area contributed by atoms with Gasteiger partial charge in [-0.1, -0.05) is 23.7 Å². The number of H-pyrrole nitrogens is 1. The summed E-state index contributed by atoms with van der Waals surface area (Å²) in [4.78, 5) is 9.12. The third-order valence-corrected chi connectivity index (χ3v) is 2.55. The summed E-state index contributed by atoms with van der Waals surface area (Å²) in [5, 5.41) is 0.763. The molecule has 0 aliphatic rings. The van der Waals surface area contributed by atoms with Crippen molar-refractivity contribution in [2.75, 3.05) is 11.9 Å². The van der Waals surface area contributed by atoms with Crippen molar-refractivity contribution in [3.63, 3.8) is 0 Å². The van der Waals surface area contributed by atoms with E-state index in [-0.39, 0.29) is 0 Å². The Morgan fingerprint density at radius 3 is 2.87 bits per heavy atom. The van der Waals surface area contributed by atoms with Crippen molar-refractivity contribution in [1.29, 1.82) is 0 Å². The summed E-state index contributed by atoms with van der Waals surface area (Å²) in [5.41, 5.74) is 2.09. The normalized spacial score (nSPS) is 10.3. The van der Waals surface area contributed by atoms with E-state index in [2.05, 4.69) is 14.9 Å². The van der Waals surface area contributed by atoms with Crippen LogP contribution in [0.25, 0.3) is 0 Å². The largest absolute Gasteiger partial charge is 0.368 e. The standard InChI is InChI=1S/C11H12ClN3/c1-15(7-9-6-13-8-14-9)11-5-3-2-4-10(11)12/h2-6,8H,7H2,1H3,(H,13,14). The van der Waals surface area contributed by atoms with E-state index < -0.39 is 0 Å². The molecule has 0 aliphatic carbocycles. The van der Waals surface area contributed by atoms with E-state index in [1.54, 1.807) is 6.33 Å². The van der Waals surface area contributed by atoms with E-state index >= 15 is 0 Å². The lowest BCUT2D eigenvalue weighted by molar-refractivity contribution is 0.894. The molecule has 1 aromatic carbocycles. The smallest absolute Gasteiger partial charge is 0.0922 e. The maximum atomic E-state index is 6.09. The SMILES string of the molecule is CN(Cc1cnc[nH]1)c1ccccc1Cl. The molecule has 2 aromatic rings. The molecule has 0 unspecified atom stereocenters. The highest BCUT2D eigenvalue weighted by Crippen LogP contribution is 2.24. The van der Waals surface area contributed by atoms with Crippen LogP contribution < -0.4 is 4.90 Å². The van der Waals surface area contributed by atoms with Crippen molar-refractivity contribution in [2.24, 2.45) is 0 Å². The van der Waals surface area contributed by atoms with Gasteiger partial charge >= 0.3 is 0 Å². The number of benzene rings is 1. The fourth-order valence-corrected chi connectivity index (χ4v) is 1.75. The Hall–Kier alpha value is -1.48. The minimum absolute atomic E-state index is 0.763. The van der Waals surface area contributed by atoms with Crippen molar-refractivity contribution in [1.82, 2.24) is 9.97 Å². The quantitative estimate of drug-likeness (QED) is 0.864. The Kier molecular flexibility index (Phi) is 2.92. The van der Waals surface area contributed by atoms with Crippen LogP contribution in [0.5, 0.6) is 0 Å². The number of aromatic amines is 1. The molecule has 0 radical (unpaired) electrons. The fraction of sp³-hybridized carbons (Fsp3) is 0.182. The van der Waals surface area contributed by atoms with Crippen LogP contribution in [0, 0.1) is 0 Å². The first-order valence-corrected chi connectivity index (χ1v) is 5.08. The van der Waals surface area contributed by atoms with Gasteiger partial charge in [-0.2, -0.15) is 0 Å². The summed E-state index contributed by atoms with van der Waals surface area (Å²) in [6.45, 7) is 0.768. The van der Waals surface area contributed by atoms with E-state index in [0.29, 0.717) is 0 Å². The number of aromatic nitrogens is 2. The molecule has 1 heterocycles. The first-order chi connectivity index (χ1) is 7.27. The lowest BCUT2D eigenvalue weighted by atomic mass is 10.3. The van der Waals surface area contributed by atoms with Crippen molar-refractivity contribution in [2.45, 2.75) is 6.54 Å².